The number of nitrogens with one attached hydrogen (secondary N) is 2. The molecule has 4 heterocycles. The highest BCUT2D eigenvalue weighted by Crippen LogP contribution is 2.25. The van der Waals surface area contributed by atoms with Gasteiger partial charge in [-0.15, -0.1) is 10.2 Å². The second kappa shape index (κ2) is 8.26. The predicted octanol–water partition coefficient (Wildman–Crippen LogP) is 2.35. The summed E-state index contributed by atoms with van der Waals surface area (Å²) < 4.78 is 1.68. The van der Waals surface area contributed by atoms with Crippen molar-refractivity contribution in [2.45, 2.75) is 20.4 Å². The molecule has 0 unspecified atom stereocenters. The number of anilines is 2. The first kappa shape index (κ1) is 19.9. The van der Waals surface area contributed by atoms with E-state index in [2.05, 4.69) is 62.1 Å². The minimum absolute atomic E-state index is 0.0142. The van der Waals surface area contributed by atoms with Gasteiger partial charge in [0.2, 0.25) is 11.9 Å². The molecule has 32 heavy (non-hydrogen) atoms. The van der Waals surface area contributed by atoms with Crippen LogP contribution in [0.3, 0.4) is 0 Å². The first-order chi connectivity index (χ1) is 15.6. The Morgan fingerprint density at radius 3 is 2.84 bits per heavy atom. The van der Waals surface area contributed by atoms with Crippen molar-refractivity contribution in [1.82, 2.24) is 30.1 Å². The number of hydrogen-bond donors (Lipinski definition) is 2. The summed E-state index contributed by atoms with van der Waals surface area (Å²) >= 11 is 0. The zero-order chi connectivity index (χ0) is 22.1. The predicted molar refractivity (Wildman–Crippen MR) is 122 cm³/mol. The summed E-state index contributed by atoms with van der Waals surface area (Å²) in [5.74, 6) is 0.592. The Morgan fingerprint density at radius 1 is 1.12 bits per heavy atom. The molecule has 9 heteroatoms. The second-order valence-electron chi connectivity index (χ2n) is 7.97. The van der Waals surface area contributed by atoms with Gasteiger partial charge in [-0.3, -0.25) is 9.78 Å². The van der Waals surface area contributed by atoms with E-state index in [0.29, 0.717) is 31.2 Å². The molecule has 162 valence electrons. The van der Waals surface area contributed by atoms with E-state index in [-0.39, 0.29) is 5.91 Å². The maximum Gasteiger partial charge on any atom is 0.246 e. The third kappa shape index (κ3) is 3.96. The molecule has 0 aliphatic carbocycles. The summed E-state index contributed by atoms with van der Waals surface area (Å²) in [6.45, 7) is 6.42. The average Bonchev–Trinajstić information content (AvgIpc) is 3.20. The van der Waals surface area contributed by atoms with Crippen LogP contribution in [0.25, 0.3) is 16.8 Å². The Hall–Kier alpha value is -4.01. The molecule has 1 fully saturated rings. The van der Waals surface area contributed by atoms with Crippen LogP contribution in [0.5, 0.6) is 0 Å². The highest BCUT2D eigenvalue weighted by molar-refractivity contribution is 5.82. The Bertz CT molecular complexity index is 1300. The molecule has 0 atom stereocenters. The maximum absolute atomic E-state index is 11.7. The van der Waals surface area contributed by atoms with Gasteiger partial charge in [0.05, 0.1) is 18.4 Å². The lowest BCUT2D eigenvalue weighted by Gasteiger charge is -2.28. The van der Waals surface area contributed by atoms with Crippen molar-refractivity contribution in [1.29, 1.82) is 0 Å². The number of aryl methyl sites for hydroxylation is 2. The molecule has 1 aliphatic rings. The normalized spacial score (nSPS) is 13.9. The smallest absolute Gasteiger partial charge is 0.246 e. The Labute approximate surface area is 185 Å². The van der Waals surface area contributed by atoms with E-state index < -0.39 is 0 Å². The number of hydrogen-bond acceptors (Lipinski definition) is 7. The molecule has 0 saturated carbocycles. The van der Waals surface area contributed by atoms with Crippen LogP contribution in [0.1, 0.15) is 16.8 Å². The van der Waals surface area contributed by atoms with E-state index in [1.165, 1.54) is 16.7 Å². The van der Waals surface area contributed by atoms with Gasteiger partial charge >= 0.3 is 0 Å². The summed E-state index contributed by atoms with van der Waals surface area (Å²) in [6.07, 6.45) is 3.59. The van der Waals surface area contributed by atoms with Crippen molar-refractivity contribution in [3.05, 3.63) is 65.6 Å². The first-order valence-corrected chi connectivity index (χ1v) is 10.6. The van der Waals surface area contributed by atoms with Gasteiger partial charge in [-0.05, 0) is 48.2 Å². The third-order valence-electron chi connectivity index (χ3n) is 5.60. The molecule has 1 saturated heterocycles. The number of aromatic nitrogens is 5. The Kier molecular flexibility index (Phi) is 5.14. The summed E-state index contributed by atoms with van der Waals surface area (Å²) in [7, 11) is 0. The van der Waals surface area contributed by atoms with Crippen LogP contribution in [-0.4, -0.2) is 50.3 Å². The number of benzene rings is 1. The first-order valence-electron chi connectivity index (χ1n) is 10.6. The van der Waals surface area contributed by atoms with Gasteiger partial charge in [-0.2, -0.15) is 9.61 Å². The van der Waals surface area contributed by atoms with Crippen molar-refractivity contribution >= 4 is 23.2 Å². The molecule has 1 aromatic carbocycles. The van der Waals surface area contributed by atoms with Crippen LogP contribution >= 0.6 is 0 Å². The Balaban J connectivity index is 1.31. The number of amides is 1. The summed E-state index contributed by atoms with van der Waals surface area (Å²) in [5.41, 5.74) is 7.22. The molecule has 0 radical (unpaired) electrons. The summed E-state index contributed by atoms with van der Waals surface area (Å²) in [5, 5.41) is 19.1. The average molecular weight is 429 g/mol. The zero-order valence-corrected chi connectivity index (χ0v) is 18.0. The molecule has 1 aliphatic heterocycles. The Morgan fingerprint density at radius 2 is 2.03 bits per heavy atom. The van der Waals surface area contributed by atoms with Crippen LogP contribution in [0.4, 0.5) is 11.6 Å². The highest BCUT2D eigenvalue weighted by atomic mass is 16.2. The third-order valence-corrected chi connectivity index (χ3v) is 5.60. The van der Waals surface area contributed by atoms with Gasteiger partial charge in [0.25, 0.3) is 0 Å². The zero-order valence-electron chi connectivity index (χ0n) is 18.0. The molecule has 0 spiro atoms. The molecule has 3 aromatic heterocycles. The fraction of sp³-hybridized carbons (Fsp3) is 0.261. The summed E-state index contributed by atoms with van der Waals surface area (Å²) in [4.78, 5) is 17.9. The van der Waals surface area contributed by atoms with Crippen LogP contribution in [0.15, 0.2) is 48.8 Å². The van der Waals surface area contributed by atoms with Crippen molar-refractivity contribution in [2.75, 3.05) is 29.9 Å². The fourth-order valence-electron chi connectivity index (χ4n) is 3.98. The highest BCUT2D eigenvalue weighted by Gasteiger charge is 2.18. The van der Waals surface area contributed by atoms with E-state index in [1.54, 1.807) is 10.7 Å². The van der Waals surface area contributed by atoms with Crippen molar-refractivity contribution in [3.63, 3.8) is 0 Å². The minimum atomic E-state index is 0.0142. The number of rotatable bonds is 5. The lowest BCUT2D eigenvalue weighted by Crippen LogP contribution is -2.47. The molecule has 9 nitrogen and oxygen atoms in total. The standard InChI is InChI=1S/C23H24N8O/c1-15-9-17(3-4-20(15)18-5-6-24-16(2)10-18)12-26-23-29-28-21-11-19(13-27-31(21)23)30-8-7-25-22(32)14-30/h3-6,9-11,13H,7-8,12,14H2,1-2H3,(H,25,32)(H,26,29). The van der Waals surface area contributed by atoms with Crippen LogP contribution in [-0.2, 0) is 11.3 Å². The molecule has 5 rings (SSSR count). The monoisotopic (exact) mass is 428 g/mol. The van der Waals surface area contributed by atoms with E-state index in [4.69, 9.17) is 0 Å². The van der Waals surface area contributed by atoms with Gasteiger partial charge in [0, 0.05) is 37.6 Å². The number of carbonyl (C=O) groups is 1. The van der Waals surface area contributed by atoms with Crippen LogP contribution in [0, 0.1) is 13.8 Å². The van der Waals surface area contributed by atoms with Crippen molar-refractivity contribution in [2.24, 2.45) is 0 Å². The number of carbonyl (C=O) groups excluding carboxylic acids is 1. The quantitative estimate of drug-likeness (QED) is 0.503. The van der Waals surface area contributed by atoms with Gasteiger partial charge in [-0.25, -0.2) is 0 Å². The van der Waals surface area contributed by atoms with E-state index >= 15 is 0 Å². The largest absolute Gasteiger partial charge is 0.359 e. The molecular formula is C23H24N8O. The van der Waals surface area contributed by atoms with Gasteiger partial charge < -0.3 is 15.5 Å². The molecule has 0 bridgehead atoms. The van der Waals surface area contributed by atoms with E-state index in [1.807, 2.05) is 30.2 Å². The maximum atomic E-state index is 11.7. The van der Waals surface area contributed by atoms with Crippen LogP contribution < -0.4 is 15.5 Å². The number of fused-ring (bicyclic) bond motifs is 1. The number of piperazine rings is 1. The molecular weight excluding hydrogens is 404 g/mol. The molecule has 2 N–H and O–H groups in total. The lowest BCUT2D eigenvalue weighted by atomic mass is 9.99. The van der Waals surface area contributed by atoms with Crippen molar-refractivity contribution in [3.8, 4) is 11.1 Å². The molecule has 1 amide bonds. The topological polar surface area (TPSA) is 100 Å². The lowest BCUT2D eigenvalue weighted by molar-refractivity contribution is -0.120. The van der Waals surface area contributed by atoms with Gasteiger partial charge in [0.1, 0.15) is 0 Å². The number of nitrogens with zero attached hydrogens (tertiary/aromatic N) is 6. The molecule has 4 aromatic rings. The minimum Gasteiger partial charge on any atom is -0.359 e. The van der Waals surface area contributed by atoms with Crippen molar-refractivity contribution < 1.29 is 4.79 Å². The van der Waals surface area contributed by atoms with E-state index in [9.17, 15) is 4.79 Å². The van der Waals surface area contributed by atoms with Gasteiger partial charge in [0.15, 0.2) is 5.65 Å². The number of pyridine rings is 1. The second-order valence-corrected chi connectivity index (χ2v) is 7.97. The summed E-state index contributed by atoms with van der Waals surface area (Å²) in [6, 6.07) is 12.5. The van der Waals surface area contributed by atoms with E-state index in [0.717, 1.165) is 23.5 Å². The van der Waals surface area contributed by atoms with Crippen LogP contribution in [0.2, 0.25) is 0 Å². The fourth-order valence-corrected chi connectivity index (χ4v) is 3.98. The van der Waals surface area contributed by atoms with Gasteiger partial charge in [-0.1, -0.05) is 18.2 Å². The SMILES string of the molecule is Cc1cc(-c2ccc(CNc3nnc4cc(N5CCNC(=O)C5)cnn34)cc2C)ccn1.